The number of ketones is 1. The van der Waals surface area contributed by atoms with Gasteiger partial charge in [0, 0.05) is 24.3 Å². The van der Waals surface area contributed by atoms with Gasteiger partial charge in [0.05, 0.1) is 23.3 Å². The maximum Gasteiger partial charge on any atom is 0.161 e. The van der Waals surface area contributed by atoms with E-state index >= 15 is 0 Å². The van der Waals surface area contributed by atoms with Crippen molar-refractivity contribution in [2.24, 2.45) is 0 Å². The summed E-state index contributed by atoms with van der Waals surface area (Å²) in [5.74, 6) is -0.536. The lowest BCUT2D eigenvalue weighted by molar-refractivity contribution is 0.0397. The van der Waals surface area contributed by atoms with Gasteiger partial charge >= 0.3 is 0 Å². The standard InChI is InChI=1S/C19H16ClFN2O2/c1-12(24)15-4-2-13(10-22)8-18(15)23-6-7-25-19(11-23)14-3-5-17(21)16(20)9-14/h2-5,8-9,19H,6-7,11H2,1H3. The third-order valence-electron chi connectivity index (χ3n) is 4.23. The van der Waals surface area contributed by atoms with Crippen molar-refractivity contribution >= 4 is 23.1 Å². The van der Waals surface area contributed by atoms with E-state index in [1.54, 1.807) is 30.3 Å². The molecule has 3 rings (SSSR count). The average Bonchev–Trinajstić information content (AvgIpc) is 2.63. The van der Waals surface area contributed by atoms with Crippen molar-refractivity contribution in [3.63, 3.8) is 0 Å². The Bertz CT molecular complexity index is 863. The number of anilines is 1. The zero-order valence-electron chi connectivity index (χ0n) is 13.6. The van der Waals surface area contributed by atoms with E-state index in [1.165, 1.54) is 13.0 Å². The molecule has 0 saturated carbocycles. The highest BCUT2D eigenvalue weighted by atomic mass is 35.5. The van der Waals surface area contributed by atoms with E-state index in [9.17, 15) is 9.18 Å². The fraction of sp³-hybridized carbons (Fsp3) is 0.263. The van der Waals surface area contributed by atoms with Crippen molar-refractivity contribution in [1.29, 1.82) is 5.26 Å². The van der Waals surface area contributed by atoms with Crippen LogP contribution in [0.4, 0.5) is 10.1 Å². The zero-order valence-corrected chi connectivity index (χ0v) is 14.4. The number of carbonyl (C=O) groups is 1. The number of hydrogen-bond donors (Lipinski definition) is 0. The van der Waals surface area contributed by atoms with Crippen LogP contribution in [-0.4, -0.2) is 25.5 Å². The molecule has 1 heterocycles. The Labute approximate surface area is 150 Å². The molecule has 1 atom stereocenters. The molecule has 6 heteroatoms. The van der Waals surface area contributed by atoms with Crippen LogP contribution in [0.3, 0.4) is 0 Å². The summed E-state index contributed by atoms with van der Waals surface area (Å²) in [4.78, 5) is 14.0. The number of halogens is 2. The lowest BCUT2D eigenvalue weighted by atomic mass is 10.0. The minimum Gasteiger partial charge on any atom is -0.370 e. The van der Waals surface area contributed by atoms with Gasteiger partial charge in [-0.05, 0) is 42.8 Å². The monoisotopic (exact) mass is 358 g/mol. The Morgan fingerprint density at radius 3 is 2.84 bits per heavy atom. The van der Waals surface area contributed by atoms with Crippen LogP contribution < -0.4 is 4.90 Å². The van der Waals surface area contributed by atoms with Gasteiger partial charge in [0.2, 0.25) is 0 Å². The van der Waals surface area contributed by atoms with Crippen molar-refractivity contribution in [3.8, 4) is 6.07 Å². The first-order valence-corrected chi connectivity index (χ1v) is 8.24. The molecule has 0 aliphatic carbocycles. The first kappa shape index (κ1) is 17.4. The molecule has 2 aromatic carbocycles. The molecular weight excluding hydrogens is 343 g/mol. The highest BCUT2D eigenvalue weighted by molar-refractivity contribution is 6.30. The summed E-state index contributed by atoms with van der Waals surface area (Å²) >= 11 is 5.87. The molecular formula is C19H16ClFN2O2. The lowest BCUT2D eigenvalue weighted by Gasteiger charge is -2.35. The van der Waals surface area contributed by atoms with Gasteiger partial charge < -0.3 is 9.64 Å². The van der Waals surface area contributed by atoms with Crippen LogP contribution in [0.25, 0.3) is 0 Å². The maximum atomic E-state index is 13.4. The van der Waals surface area contributed by atoms with Gasteiger partial charge in [0.15, 0.2) is 5.78 Å². The molecule has 0 spiro atoms. The third kappa shape index (κ3) is 3.65. The molecule has 0 radical (unpaired) electrons. The van der Waals surface area contributed by atoms with Gasteiger partial charge in [0.1, 0.15) is 11.9 Å². The molecule has 1 aliphatic rings. The summed E-state index contributed by atoms with van der Waals surface area (Å²) in [6.45, 7) is 3.04. The highest BCUT2D eigenvalue weighted by Gasteiger charge is 2.25. The third-order valence-corrected chi connectivity index (χ3v) is 4.52. The molecule has 1 fully saturated rings. The van der Waals surface area contributed by atoms with E-state index < -0.39 is 5.82 Å². The lowest BCUT2D eigenvalue weighted by Crippen LogP contribution is -2.39. The minimum atomic E-state index is -0.473. The van der Waals surface area contributed by atoms with Gasteiger partial charge in [0.25, 0.3) is 0 Å². The van der Waals surface area contributed by atoms with Crippen molar-refractivity contribution in [1.82, 2.24) is 0 Å². The van der Waals surface area contributed by atoms with Gasteiger partial charge in [-0.25, -0.2) is 4.39 Å². The normalized spacial score (nSPS) is 17.2. The SMILES string of the molecule is CC(=O)c1ccc(C#N)cc1N1CCOC(c2ccc(F)c(Cl)c2)C1. The zero-order chi connectivity index (χ0) is 18.0. The first-order valence-electron chi connectivity index (χ1n) is 7.86. The predicted molar refractivity (Wildman–Crippen MR) is 93.5 cm³/mol. The summed E-state index contributed by atoms with van der Waals surface area (Å²) in [5.41, 5.74) is 2.55. The summed E-state index contributed by atoms with van der Waals surface area (Å²) in [6, 6.07) is 11.7. The summed E-state index contributed by atoms with van der Waals surface area (Å²) in [7, 11) is 0. The second-order valence-electron chi connectivity index (χ2n) is 5.88. The maximum absolute atomic E-state index is 13.4. The van der Waals surface area contributed by atoms with Crippen LogP contribution in [-0.2, 0) is 4.74 Å². The van der Waals surface area contributed by atoms with Crippen molar-refractivity contribution in [2.75, 3.05) is 24.6 Å². The molecule has 4 nitrogen and oxygen atoms in total. The number of nitrogens with zero attached hydrogens (tertiary/aromatic N) is 2. The van der Waals surface area contributed by atoms with E-state index in [0.29, 0.717) is 36.5 Å². The van der Waals surface area contributed by atoms with E-state index in [4.69, 9.17) is 21.6 Å². The van der Waals surface area contributed by atoms with Crippen LogP contribution >= 0.6 is 11.6 Å². The Morgan fingerprint density at radius 1 is 1.36 bits per heavy atom. The van der Waals surface area contributed by atoms with Crippen LogP contribution in [0.15, 0.2) is 36.4 Å². The number of rotatable bonds is 3. The molecule has 25 heavy (non-hydrogen) atoms. The van der Waals surface area contributed by atoms with Crippen molar-refractivity contribution in [2.45, 2.75) is 13.0 Å². The second-order valence-corrected chi connectivity index (χ2v) is 6.29. The molecule has 0 bridgehead atoms. The minimum absolute atomic E-state index is 0.0501. The summed E-state index contributed by atoms with van der Waals surface area (Å²) in [5, 5.41) is 9.20. The van der Waals surface area contributed by atoms with Gasteiger partial charge in [-0.3, -0.25) is 4.79 Å². The number of carbonyl (C=O) groups excluding carboxylic acids is 1. The van der Waals surface area contributed by atoms with Gasteiger partial charge in [-0.2, -0.15) is 5.26 Å². The quantitative estimate of drug-likeness (QED) is 0.774. The van der Waals surface area contributed by atoms with Crippen LogP contribution in [0, 0.1) is 17.1 Å². The number of ether oxygens (including phenoxy) is 1. The van der Waals surface area contributed by atoms with Crippen LogP contribution in [0.2, 0.25) is 5.02 Å². The topological polar surface area (TPSA) is 53.3 Å². The van der Waals surface area contributed by atoms with Crippen LogP contribution in [0.1, 0.15) is 34.5 Å². The fourth-order valence-electron chi connectivity index (χ4n) is 2.94. The smallest absolute Gasteiger partial charge is 0.161 e. The largest absolute Gasteiger partial charge is 0.370 e. The summed E-state index contributed by atoms with van der Waals surface area (Å²) in [6.07, 6.45) is -0.294. The Balaban J connectivity index is 1.92. The van der Waals surface area contributed by atoms with E-state index in [2.05, 4.69) is 6.07 Å². The Morgan fingerprint density at radius 2 is 2.16 bits per heavy atom. The molecule has 1 aliphatic heterocycles. The Kier molecular flexibility index (Phi) is 5.03. The molecule has 128 valence electrons. The number of morpholine rings is 1. The number of Topliss-reactive ketones (excluding diaryl/α,β-unsaturated/α-hetero) is 1. The van der Waals surface area contributed by atoms with E-state index in [1.807, 2.05) is 4.90 Å². The molecule has 1 unspecified atom stereocenters. The van der Waals surface area contributed by atoms with Crippen LogP contribution in [0.5, 0.6) is 0 Å². The second kappa shape index (κ2) is 7.22. The van der Waals surface area contributed by atoms with E-state index in [-0.39, 0.29) is 16.9 Å². The van der Waals surface area contributed by atoms with Gasteiger partial charge in [-0.1, -0.05) is 17.7 Å². The molecule has 0 N–H and O–H groups in total. The van der Waals surface area contributed by atoms with Gasteiger partial charge in [-0.15, -0.1) is 0 Å². The van der Waals surface area contributed by atoms with Crippen molar-refractivity contribution < 1.29 is 13.9 Å². The first-order chi connectivity index (χ1) is 12.0. The summed E-state index contributed by atoms with van der Waals surface area (Å²) < 4.78 is 19.2. The fourth-order valence-corrected chi connectivity index (χ4v) is 3.13. The van der Waals surface area contributed by atoms with Crippen molar-refractivity contribution in [3.05, 3.63) is 63.9 Å². The molecule has 2 aromatic rings. The average molecular weight is 359 g/mol. The molecule has 1 saturated heterocycles. The highest BCUT2D eigenvalue weighted by Crippen LogP contribution is 2.31. The number of hydrogen-bond acceptors (Lipinski definition) is 4. The molecule has 0 amide bonds. The number of nitriles is 1. The molecule has 0 aromatic heterocycles. The number of benzene rings is 2. The Hall–Kier alpha value is -2.42. The predicted octanol–water partition coefficient (Wildman–Crippen LogP) is 4.13. The van der Waals surface area contributed by atoms with E-state index in [0.717, 1.165) is 5.56 Å².